The van der Waals surface area contributed by atoms with Crippen molar-refractivity contribution in [1.82, 2.24) is 4.31 Å². The van der Waals surface area contributed by atoms with Crippen LogP contribution in [0.4, 0.5) is 0 Å². The van der Waals surface area contributed by atoms with E-state index in [2.05, 4.69) is 0 Å². The maximum absolute atomic E-state index is 13.5. The van der Waals surface area contributed by atoms with Crippen molar-refractivity contribution in [2.24, 2.45) is 51.5 Å². The summed E-state index contributed by atoms with van der Waals surface area (Å²) in [6.07, 6.45) is 14.7. The second-order valence-electron chi connectivity index (χ2n) is 12.7. The molecule has 0 aromatic rings. The number of hydrogen-bond donors (Lipinski definition) is 2. The number of nitrogens with two attached hydrogens (primary N) is 1. The van der Waals surface area contributed by atoms with E-state index in [-0.39, 0.29) is 40.4 Å². The van der Waals surface area contributed by atoms with Gasteiger partial charge in [-0.15, -0.1) is 3.63 Å². The first-order chi connectivity index (χ1) is 14.5. The molecule has 178 valence electrons. The molecule has 1 unspecified atom stereocenters. The Morgan fingerprint density at radius 1 is 0.719 bits per heavy atom. The van der Waals surface area contributed by atoms with Gasteiger partial charge in [0.05, 0.1) is 0 Å². The zero-order valence-corrected chi connectivity index (χ0v) is 20.0. The van der Waals surface area contributed by atoms with Gasteiger partial charge in [0.15, 0.2) is 0 Å². The molecule has 0 aromatic heterocycles. The summed E-state index contributed by atoms with van der Waals surface area (Å²) in [6.45, 7) is 1.05. The van der Waals surface area contributed by atoms with E-state index >= 15 is 0 Å². The van der Waals surface area contributed by atoms with Gasteiger partial charge in [0.1, 0.15) is 0 Å². The van der Waals surface area contributed by atoms with E-state index in [1.165, 1.54) is 38.5 Å². The molecule has 10 heteroatoms. The van der Waals surface area contributed by atoms with E-state index in [1.807, 2.05) is 0 Å². The van der Waals surface area contributed by atoms with Crippen LogP contribution in [0.2, 0.25) is 0 Å². The van der Waals surface area contributed by atoms with Gasteiger partial charge in [0.2, 0.25) is 10.2 Å². The molecule has 8 fully saturated rings. The molecule has 0 heterocycles. The van der Waals surface area contributed by atoms with Crippen LogP contribution in [0.3, 0.4) is 0 Å². The van der Waals surface area contributed by atoms with Gasteiger partial charge in [0, 0.05) is 13.1 Å². The molecule has 7 nitrogen and oxygen atoms in total. The van der Waals surface area contributed by atoms with Crippen molar-refractivity contribution in [2.75, 3.05) is 13.1 Å². The van der Waals surface area contributed by atoms with Gasteiger partial charge in [-0.3, -0.25) is 0 Å². The van der Waals surface area contributed by atoms with E-state index in [0.717, 1.165) is 74.0 Å². The van der Waals surface area contributed by atoms with Crippen LogP contribution >= 0.6 is 0 Å². The van der Waals surface area contributed by atoms with E-state index in [1.54, 1.807) is 4.31 Å². The fourth-order valence-electron chi connectivity index (χ4n) is 10.1. The minimum absolute atomic E-state index is 0. The minimum atomic E-state index is -4.46. The predicted molar refractivity (Wildman–Crippen MR) is 125 cm³/mol. The molecule has 8 rings (SSSR count). The molecule has 8 bridgehead atoms. The number of nitrogens with zero attached hydrogens (tertiary/aromatic N) is 1. The van der Waals surface area contributed by atoms with Crippen molar-refractivity contribution in [3.05, 3.63) is 0 Å². The normalized spacial score (nSPS) is 48.1. The Balaban J connectivity index is 0.00000216. The van der Waals surface area contributed by atoms with Crippen LogP contribution in [0.15, 0.2) is 0 Å². The van der Waals surface area contributed by atoms with E-state index < -0.39 is 20.5 Å². The van der Waals surface area contributed by atoms with Crippen LogP contribution in [-0.2, 0) is 24.1 Å². The van der Waals surface area contributed by atoms with Gasteiger partial charge in [-0.25, -0.2) is 14.1 Å². The van der Waals surface area contributed by atoms with E-state index in [0.29, 0.717) is 13.1 Å². The Morgan fingerprint density at radius 2 is 1.00 bits per heavy atom. The molecule has 8 aliphatic carbocycles. The first-order valence-electron chi connectivity index (χ1n) is 12.3. The van der Waals surface area contributed by atoms with Crippen molar-refractivity contribution >= 4 is 50.1 Å². The second-order valence-corrected chi connectivity index (χ2v) is 15.7. The summed E-state index contributed by atoms with van der Waals surface area (Å²) in [6, 6.07) is 0. The zero-order valence-electron chi connectivity index (χ0n) is 18.3. The standard InChI is InChI=1S/C22H37N3O4S2.Na.H/c23-30(26,29-31(24,27)28)25(13-21-7-15-1-16(8-21)3-17(2-15)9-21)14-22-10-18-4-19(11-22)6-20(5-18)12-22;;/h15-20,23H,1-14H2,(H2,24,27,28);;. The van der Waals surface area contributed by atoms with Gasteiger partial charge < -0.3 is 0 Å². The topological polar surface area (TPSA) is 114 Å². The van der Waals surface area contributed by atoms with Gasteiger partial charge in [-0.1, -0.05) is 0 Å². The van der Waals surface area contributed by atoms with Gasteiger partial charge in [0.25, 0.3) is 0 Å². The SMILES string of the molecule is N=S(=O)(OS(N)(=O)=O)N(CC12CC3CC(CC(C3)C1)C2)CC12CC3CC(CC(C3)C1)C2.[NaH]. The monoisotopic (exact) mass is 495 g/mol. The Kier molecular flexibility index (Phi) is 6.23. The molecule has 8 saturated carbocycles. The zero-order chi connectivity index (χ0) is 21.6. The summed E-state index contributed by atoms with van der Waals surface area (Å²) in [5, 5.41) is 5.11. The Morgan fingerprint density at radius 3 is 1.25 bits per heavy atom. The summed E-state index contributed by atoms with van der Waals surface area (Å²) < 4.78 is 51.8. The van der Waals surface area contributed by atoms with Gasteiger partial charge in [-0.2, -0.15) is 12.7 Å². The first kappa shape index (κ1) is 24.5. The van der Waals surface area contributed by atoms with E-state index in [9.17, 15) is 12.6 Å². The summed E-state index contributed by atoms with van der Waals surface area (Å²) in [4.78, 5) is 0. The fraction of sp³-hybridized carbons (Fsp3) is 1.00. The fourth-order valence-corrected chi connectivity index (χ4v) is 12.4. The molecule has 3 N–H and O–H groups in total. The third-order valence-corrected chi connectivity index (χ3v) is 12.3. The second kappa shape index (κ2) is 8.15. The molecular weight excluding hydrogens is 457 g/mol. The average molecular weight is 496 g/mol. The van der Waals surface area contributed by atoms with Crippen molar-refractivity contribution < 1.29 is 16.3 Å². The summed E-state index contributed by atoms with van der Waals surface area (Å²) in [5.74, 6) is 4.46. The predicted octanol–water partition coefficient (Wildman–Crippen LogP) is 3.17. The summed E-state index contributed by atoms with van der Waals surface area (Å²) >= 11 is 0. The Bertz CT molecular complexity index is 851. The van der Waals surface area contributed by atoms with Crippen LogP contribution in [0.25, 0.3) is 0 Å². The van der Waals surface area contributed by atoms with Crippen LogP contribution in [0, 0.1) is 51.1 Å². The van der Waals surface area contributed by atoms with Crippen LogP contribution in [0.1, 0.15) is 77.0 Å². The molecule has 0 amide bonds. The van der Waals surface area contributed by atoms with Crippen LogP contribution < -0.4 is 5.14 Å². The Hall–Kier alpha value is 0.780. The van der Waals surface area contributed by atoms with Crippen molar-refractivity contribution in [3.63, 3.8) is 0 Å². The molecule has 0 saturated heterocycles. The third-order valence-electron chi connectivity index (χ3n) is 9.88. The molecule has 32 heavy (non-hydrogen) atoms. The quantitative estimate of drug-likeness (QED) is 0.528. The van der Waals surface area contributed by atoms with Crippen molar-refractivity contribution in [3.8, 4) is 0 Å². The number of rotatable bonds is 7. The van der Waals surface area contributed by atoms with Gasteiger partial charge in [-0.05, 0) is 123 Å². The molecule has 8 aliphatic rings. The van der Waals surface area contributed by atoms with Gasteiger partial charge >= 0.3 is 39.9 Å². The van der Waals surface area contributed by atoms with E-state index in [4.69, 9.17) is 13.5 Å². The van der Waals surface area contributed by atoms with Crippen molar-refractivity contribution in [1.29, 1.82) is 4.78 Å². The molecule has 0 spiro atoms. The maximum atomic E-state index is 13.5. The molecule has 1 atom stereocenters. The first-order valence-corrected chi connectivity index (χ1v) is 15.2. The third kappa shape index (κ3) is 4.63. The van der Waals surface area contributed by atoms with Crippen LogP contribution in [-0.4, -0.2) is 59.6 Å². The number of hydrogen-bond acceptors (Lipinski definition) is 5. The van der Waals surface area contributed by atoms with Crippen LogP contribution in [0.5, 0.6) is 0 Å². The summed E-state index contributed by atoms with van der Waals surface area (Å²) in [5.41, 5.74) is 0.116. The van der Waals surface area contributed by atoms with Crippen molar-refractivity contribution in [2.45, 2.75) is 77.0 Å². The molecule has 0 aromatic carbocycles. The average Bonchev–Trinajstić information content (AvgIpc) is 2.56. The Labute approximate surface area is 215 Å². The molecule has 0 radical (unpaired) electrons. The molecular formula is C22H38N3NaO4S2. The summed E-state index contributed by atoms with van der Waals surface area (Å²) in [7, 11) is -8.41. The number of nitrogens with one attached hydrogen (secondary N) is 1. The molecule has 0 aliphatic heterocycles.